The van der Waals surface area contributed by atoms with Crippen molar-refractivity contribution >= 4 is 22.0 Å². The van der Waals surface area contributed by atoms with Crippen molar-refractivity contribution in [2.45, 2.75) is 25.3 Å². The molecule has 0 saturated carbocycles. The third kappa shape index (κ3) is 3.40. The van der Waals surface area contributed by atoms with E-state index in [4.69, 9.17) is 5.11 Å². The molecule has 0 aromatic heterocycles. The molecule has 0 bridgehead atoms. The molecule has 1 saturated heterocycles. The molecule has 1 atom stereocenters. The van der Waals surface area contributed by atoms with Gasteiger partial charge < -0.3 is 9.84 Å². The summed E-state index contributed by atoms with van der Waals surface area (Å²) in [5.41, 5.74) is 0. The molecule has 0 amide bonds. The summed E-state index contributed by atoms with van der Waals surface area (Å²) in [6.45, 7) is 0.195. The third-order valence-electron chi connectivity index (χ3n) is 2.64. The number of carboxylic acid groups (broad SMARTS) is 1. The van der Waals surface area contributed by atoms with Gasteiger partial charge in [0.15, 0.2) is 0 Å². The van der Waals surface area contributed by atoms with Gasteiger partial charge in [0.25, 0.3) is 0 Å². The van der Waals surface area contributed by atoms with Gasteiger partial charge in [0.1, 0.15) is 6.04 Å². The Morgan fingerprint density at radius 3 is 2.65 bits per heavy atom. The number of hydrogen-bond donors (Lipinski definition) is 1. The van der Waals surface area contributed by atoms with Gasteiger partial charge in [-0.2, -0.15) is 4.31 Å². The van der Waals surface area contributed by atoms with E-state index >= 15 is 0 Å². The van der Waals surface area contributed by atoms with Crippen LogP contribution in [0.1, 0.15) is 19.3 Å². The number of carboxylic acids is 1. The molecule has 1 aliphatic rings. The summed E-state index contributed by atoms with van der Waals surface area (Å²) in [5, 5.41) is 8.87. The first-order valence-electron chi connectivity index (χ1n) is 5.17. The highest BCUT2D eigenvalue weighted by atomic mass is 32.2. The van der Waals surface area contributed by atoms with E-state index in [1.807, 2.05) is 0 Å². The van der Waals surface area contributed by atoms with E-state index in [-0.39, 0.29) is 13.0 Å². The molecule has 0 aliphatic carbocycles. The summed E-state index contributed by atoms with van der Waals surface area (Å²) >= 11 is 0. The number of carbonyl (C=O) groups is 2. The largest absolute Gasteiger partial charge is 0.480 e. The fraction of sp³-hybridized carbons (Fsp3) is 0.778. The Morgan fingerprint density at radius 1 is 1.47 bits per heavy atom. The predicted molar refractivity (Wildman–Crippen MR) is 57.8 cm³/mol. The van der Waals surface area contributed by atoms with Crippen LogP contribution in [0.15, 0.2) is 0 Å². The third-order valence-corrected chi connectivity index (χ3v) is 4.51. The number of methoxy groups -OCH3 is 1. The SMILES string of the molecule is COC(=O)CCS(=O)(=O)N1CCC[C@H]1C(=O)O. The second-order valence-corrected chi connectivity index (χ2v) is 5.79. The Hall–Kier alpha value is -1.15. The number of esters is 1. The number of nitrogens with zero attached hydrogens (tertiary/aromatic N) is 1. The van der Waals surface area contributed by atoms with Crippen LogP contribution in [0.3, 0.4) is 0 Å². The molecule has 7 nitrogen and oxygen atoms in total. The predicted octanol–water partition coefficient (Wildman–Crippen LogP) is -0.572. The van der Waals surface area contributed by atoms with Crippen LogP contribution in [0.2, 0.25) is 0 Å². The maximum atomic E-state index is 11.8. The van der Waals surface area contributed by atoms with Gasteiger partial charge in [-0.05, 0) is 12.8 Å². The van der Waals surface area contributed by atoms with Crippen LogP contribution < -0.4 is 0 Å². The minimum Gasteiger partial charge on any atom is -0.480 e. The van der Waals surface area contributed by atoms with Gasteiger partial charge in [-0.15, -0.1) is 0 Å². The van der Waals surface area contributed by atoms with Crippen LogP contribution in [-0.2, 0) is 24.3 Å². The summed E-state index contributed by atoms with van der Waals surface area (Å²) in [6.07, 6.45) is 0.572. The van der Waals surface area contributed by atoms with Gasteiger partial charge in [-0.1, -0.05) is 0 Å². The summed E-state index contributed by atoms with van der Waals surface area (Å²) in [5.74, 6) is -2.19. The first-order chi connectivity index (χ1) is 7.88. The lowest BCUT2D eigenvalue weighted by Gasteiger charge is -2.20. The van der Waals surface area contributed by atoms with Crippen molar-refractivity contribution < 1.29 is 27.9 Å². The Balaban J connectivity index is 2.69. The maximum absolute atomic E-state index is 11.8. The molecule has 1 N–H and O–H groups in total. The lowest BCUT2D eigenvalue weighted by atomic mass is 10.2. The summed E-state index contributed by atoms with van der Waals surface area (Å²) in [4.78, 5) is 21.7. The molecule has 1 heterocycles. The van der Waals surface area contributed by atoms with E-state index in [0.717, 1.165) is 4.31 Å². The van der Waals surface area contributed by atoms with Crippen molar-refractivity contribution in [2.75, 3.05) is 19.4 Å². The highest BCUT2D eigenvalue weighted by Gasteiger charge is 2.38. The van der Waals surface area contributed by atoms with Gasteiger partial charge in [0, 0.05) is 6.54 Å². The Bertz CT molecular complexity index is 404. The lowest BCUT2D eigenvalue weighted by molar-refractivity contribution is -0.141. The van der Waals surface area contributed by atoms with Gasteiger partial charge in [-0.25, -0.2) is 8.42 Å². The summed E-state index contributed by atoms with van der Waals surface area (Å²) in [7, 11) is -2.54. The van der Waals surface area contributed by atoms with Crippen LogP contribution in [0, 0.1) is 0 Å². The average molecular weight is 265 g/mol. The average Bonchev–Trinajstić information content (AvgIpc) is 2.75. The molecule has 1 aliphatic heterocycles. The fourth-order valence-corrected chi connectivity index (χ4v) is 3.40. The minimum absolute atomic E-state index is 0.195. The Morgan fingerprint density at radius 2 is 2.12 bits per heavy atom. The van der Waals surface area contributed by atoms with Gasteiger partial charge in [0.05, 0.1) is 19.3 Å². The molecule has 1 fully saturated rings. The topological polar surface area (TPSA) is 101 Å². The van der Waals surface area contributed by atoms with Crippen LogP contribution in [-0.4, -0.2) is 55.2 Å². The quantitative estimate of drug-likeness (QED) is 0.668. The van der Waals surface area contributed by atoms with Gasteiger partial charge >= 0.3 is 11.9 Å². The first kappa shape index (κ1) is 13.9. The molecule has 98 valence electrons. The molecular formula is C9H15NO6S. The van der Waals surface area contributed by atoms with Crippen molar-refractivity contribution in [2.24, 2.45) is 0 Å². The molecule has 8 heteroatoms. The smallest absolute Gasteiger partial charge is 0.322 e. The monoisotopic (exact) mass is 265 g/mol. The van der Waals surface area contributed by atoms with E-state index < -0.39 is 33.8 Å². The molecule has 0 aromatic carbocycles. The lowest BCUT2D eigenvalue weighted by Crippen LogP contribution is -2.41. The van der Waals surface area contributed by atoms with Gasteiger partial charge in [-0.3, -0.25) is 9.59 Å². The second kappa shape index (κ2) is 5.46. The Labute approximate surface area is 99.4 Å². The van der Waals surface area contributed by atoms with E-state index in [1.54, 1.807) is 0 Å². The van der Waals surface area contributed by atoms with Crippen molar-refractivity contribution in [3.8, 4) is 0 Å². The van der Waals surface area contributed by atoms with Crippen molar-refractivity contribution in [3.63, 3.8) is 0 Å². The standard InChI is InChI=1S/C9H15NO6S/c1-16-8(11)4-6-17(14,15)10-5-2-3-7(10)9(12)13/h7H,2-6H2,1H3,(H,12,13)/t7-/m0/s1. The van der Waals surface area contributed by atoms with Crippen LogP contribution in [0.25, 0.3) is 0 Å². The zero-order chi connectivity index (χ0) is 13.1. The molecular weight excluding hydrogens is 250 g/mol. The van der Waals surface area contributed by atoms with E-state index in [0.29, 0.717) is 12.8 Å². The zero-order valence-electron chi connectivity index (χ0n) is 9.46. The first-order valence-corrected chi connectivity index (χ1v) is 6.78. The van der Waals surface area contributed by atoms with E-state index in [1.165, 1.54) is 7.11 Å². The van der Waals surface area contributed by atoms with E-state index in [9.17, 15) is 18.0 Å². The minimum atomic E-state index is -3.71. The fourth-order valence-electron chi connectivity index (χ4n) is 1.75. The van der Waals surface area contributed by atoms with Crippen molar-refractivity contribution in [3.05, 3.63) is 0 Å². The van der Waals surface area contributed by atoms with Crippen LogP contribution in [0.4, 0.5) is 0 Å². The normalized spacial score (nSPS) is 21.4. The number of ether oxygens (including phenoxy) is 1. The maximum Gasteiger partial charge on any atom is 0.322 e. The number of sulfonamides is 1. The molecule has 0 spiro atoms. The molecule has 17 heavy (non-hydrogen) atoms. The second-order valence-electron chi connectivity index (χ2n) is 3.75. The number of rotatable bonds is 5. The highest BCUT2D eigenvalue weighted by Crippen LogP contribution is 2.21. The molecule has 1 rings (SSSR count). The van der Waals surface area contributed by atoms with Gasteiger partial charge in [0.2, 0.25) is 10.0 Å². The molecule has 0 unspecified atom stereocenters. The zero-order valence-corrected chi connectivity index (χ0v) is 10.3. The summed E-state index contributed by atoms with van der Waals surface area (Å²) < 4.78 is 28.9. The number of carbonyl (C=O) groups excluding carboxylic acids is 1. The van der Waals surface area contributed by atoms with Crippen LogP contribution >= 0.6 is 0 Å². The van der Waals surface area contributed by atoms with Crippen molar-refractivity contribution in [1.82, 2.24) is 4.31 Å². The summed E-state index contributed by atoms with van der Waals surface area (Å²) in [6, 6.07) is -1.00. The molecule has 0 aromatic rings. The molecule has 0 radical (unpaired) electrons. The highest BCUT2D eigenvalue weighted by molar-refractivity contribution is 7.89. The number of aliphatic carboxylic acids is 1. The van der Waals surface area contributed by atoms with Crippen molar-refractivity contribution in [1.29, 1.82) is 0 Å². The Kier molecular flexibility index (Phi) is 4.47. The van der Waals surface area contributed by atoms with E-state index in [2.05, 4.69) is 4.74 Å². The van der Waals surface area contributed by atoms with Crippen LogP contribution in [0.5, 0.6) is 0 Å². The number of hydrogen-bond acceptors (Lipinski definition) is 5.